The highest BCUT2D eigenvalue weighted by Gasteiger charge is 2.18. The Morgan fingerprint density at radius 3 is 2.47 bits per heavy atom. The van der Waals surface area contributed by atoms with Crippen molar-refractivity contribution < 1.29 is 4.42 Å². The molecule has 0 radical (unpaired) electrons. The van der Waals surface area contributed by atoms with Crippen LogP contribution in [0.5, 0.6) is 0 Å². The van der Waals surface area contributed by atoms with Crippen LogP contribution in [-0.2, 0) is 6.42 Å². The summed E-state index contributed by atoms with van der Waals surface area (Å²) in [7, 11) is 0. The Kier molecular flexibility index (Phi) is 5.22. The average Bonchev–Trinajstić information content (AvgIpc) is 3.30. The maximum absolute atomic E-state index is 6.44. The number of pyridine rings is 1. The molecule has 0 fully saturated rings. The van der Waals surface area contributed by atoms with E-state index < -0.39 is 0 Å². The summed E-state index contributed by atoms with van der Waals surface area (Å²) in [6.45, 7) is 6.70. The van der Waals surface area contributed by atoms with E-state index in [2.05, 4.69) is 87.5 Å². The number of para-hydroxylation sites is 1. The number of rotatable bonds is 4. The monoisotopic (exact) mass is 493 g/mol. The van der Waals surface area contributed by atoms with Crippen LogP contribution in [0.2, 0.25) is 0 Å². The summed E-state index contributed by atoms with van der Waals surface area (Å²) in [6, 6.07) is 29.5. The SMILES string of the molecule is Cc1cc(CC(C)C)cc2ccc3c(-c4cccc5c4oc4nc(-c6ccccc6)ccc45)ncnc3c12. The van der Waals surface area contributed by atoms with Crippen LogP contribution in [0.15, 0.2) is 95.7 Å². The number of furan rings is 1. The third-order valence-electron chi connectivity index (χ3n) is 7.31. The minimum atomic E-state index is 0.615. The van der Waals surface area contributed by atoms with Crippen LogP contribution < -0.4 is 0 Å². The van der Waals surface area contributed by atoms with E-state index in [9.17, 15) is 0 Å². The number of hydrogen-bond donors (Lipinski definition) is 0. The standard InChI is InChI=1S/C34H27N3O/c1-20(2)16-22-17-21(3)30-24(18-22)12-13-27-31(35-19-36-32(27)30)28-11-7-10-25-26-14-15-29(23-8-5-4-6-9-23)37-34(26)38-33(25)28/h4-15,17-20H,16H2,1-3H3. The van der Waals surface area contributed by atoms with Crippen molar-refractivity contribution in [2.24, 2.45) is 5.92 Å². The zero-order valence-electron chi connectivity index (χ0n) is 21.7. The van der Waals surface area contributed by atoms with Gasteiger partial charge in [-0.05, 0) is 60.0 Å². The maximum atomic E-state index is 6.44. The van der Waals surface area contributed by atoms with E-state index in [1.807, 2.05) is 18.2 Å². The van der Waals surface area contributed by atoms with Crippen LogP contribution in [0.25, 0.3) is 66.3 Å². The summed E-state index contributed by atoms with van der Waals surface area (Å²) in [5.41, 5.74) is 8.79. The molecule has 184 valence electrons. The third-order valence-corrected chi connectivity index (χ3v) is 7.31. The van der Waals surface area contributed by atoms with E-state index in [1.165, 1.54) is 21.9 Å². The summed E-state index contributed by atoms with van der Waals surface area (Å²) < 4.78 is 6.44. The van der Waals surface area contributed by atoms with E-state index in [0.717, 1.165) is 56.2 Å². The molecule has 4 aromatic carbocycles. The van der Waals surface area contributed by atoms with Gasteiger partial charge in [0.25, 0.3) is 0 Å². The van der Waals surface area contributed by atoms with Gasteiger partial charge in [0.1, 0.15) is 11.9 Å². The summed E-state index contributed by atoms with van der Waals surface area (Å²) in [4.78, 5) is 14.4. The van der Waals surface area contributed by atoms with E-state index in [1.54, 1.807) is 6.33 Å². The van der Waals surface area contributed by atoms with Gasteiger partial charge < -0.3 is 4.42 Å². The molecule has 7 rings (SSSR count). The molecule has 0 unspecified atom stereocenters. The fraction of sp³-hybridized carbons (Fsp3) is 0.147. The van der Waals surface area contributed by atoms with Crippen LogP contribution in [0.1, 0.15) is 25.0 Å². The summed E-state index contributed by atoms with van der Waals surface area (Å²) in [5, 5.41) is 5.46. The van der Waals surface area contributed by atoms with Gasteiger partial charge in [0.05, 0.1) is 16.9 Å². The first-order valence-electron chi connectivity index (χ1n) is 13.1. The quantitative estimate of drug-likeness (QED) is 0.230. The smallest absolute Gasteiger partial charge is 0.227 e. The molecular weight excluding hydrogens is 466 g/mol. The first kappa shape index (κ1) is 22.6. The second kappa shape index (κ2) is 8.77. The molecule has 7 aromatic rings. The van der Waals surface area contributed by atoms with Crippen LogP contribution in [-0.4, -0.2) is 15.0 Å². The largest absolute Gasteiger partial charge is 0.437 e. The lowest BCUT2D eigenvalue weighted by molar-refractivity contribution is 0.647. The number of benzene rings is 4. The molecular formula is C34H27N3O. The van der Waals surface area contributed by atoms with Crippen molar-refractivity contribution in [3.8, 4) is 22.5 Å². The van der Waals surface area contributed by atoms with Crippen molar-refractivity contribution in [2.75, 3.05) is 0 Å². The highest BCUT2D eigenvalue weighted by Crippen LogP contribution is 2.39. The molecule has 38 heavy (non-hydrogen) atoms. The first-order chi connectivity index (χ1) is 18.6. The van der Waals surface area contributed by atoms with Crippen molar-refractivity contribution >= 4 is 43.7 Å². The minimum absolute atomic E-state index is 0.615. The Labute approximate surface area is 221 Å². The van der Waals surface area contributed by atoms with Gasteiger partial charge in [-0.25, -0.2) is 15.0 Å². The van der Waals surface area contributed by atoms with E-state index in [-0.39, 0.29) is 0 Å². The Morgan fingerprint density at radius 2 is 1.63 bits per heavy atom. The Balaban J connectivity index is 1.43. The Hall–Kier alpha value is -4.57. The van der Waals surface area contributed by atoms with Gasteiger partial charge in [0.15, 0.2) is 0 Å². The lowest BCUT2D eigenvalue weighted by Gasteiger charge is -2.13. The molecule has 0 saturated carbocycles. The lowest BCUT2D eigenvalue weighted by Crippen LogP contribution is -1.96. The number of fused-ring (bicyclic) bond motifs is 6. The van der Waals surface area contributed by atoms with Gasteiger partial charge in [0.2, 0.25) is 5.71 Å². The fourth-order valence-corrected chi connectivity index (χ4v) is 5.71. The molecule has 4 heteroatoms. The lowest BCUT2D eigenvalue weighted by atomic mass is 9.94. The zero-order chi connectivity index (χ0) is 25.8. The first-order valence-corrected chi connectivity index (χ1v) is 13.1. The van der Waals surface area contributed by atoms with Crippen molar-refractivity contribution in [3.05, 3.63) is 102 Å². The van der Waals surface area contributed by atoms with Crippen molar-refractivity contribution in [1.82, 2.24) is 15.0 Å². The van der Waals surface area contributed by atoms with Gasteiger partial charge in [-0.2, -0.15) is 0 Å². The van der Waals surface area contributed by atoms with Crippen LogP contribution in [0, 0.1) is 12.8 Å². The van der Waals surface area contributed by atoms with Crippen LogP contribution >= 0.6 is 0 Å². The number of nitrogens with zero attached hydrogens (tertiary/aromatic N) is 3. The van der Waals surface area contributed by atoms with Gasteiger partial charge in [-0.1, -0.05) is 74.5 Å². The van der Waals surface area contributed by atoms with E-state index >= 15 is 0 Å². The predicted octanol–water partition coefficient (Wildman–Crippen LogP) is 8.92. The molecule has 0 bridgehead atoms. The van der Waals surface area contributed by atoms with E-state index in [4.69, 9.17) is 19.4 Å². The fourth-order valence-electron chi connectivity index (χ4n) is 5.71. The Morgan fingerprint density at radius 1 is 0.789 bits per heavy atom. The highest BCUT2D eigenvalue weighted by atomic mass is 16.3. The van der Waals surface area contributed by atoms with Crippen LogP contribution in [0.4, 0.5) is 0 Å². The second-order valence-corrected chi connectivity index (χ2v) is 10.5. The van der Waals surface area contributed by atoms with Crippen LogP contribution in [0.3, 0.4) is 0 Å². The Bertz CT molecular complexity index is 1990. The van der Waals surface area contributed by atoms with Crippen molar-refractivity contribution in [1.29, 1.82) is 0 Å². The molecule has 0 atom stereocenters. The van der Waals surface area contributed by atoms with Gasteiger partial charge in [-0.15, -0.1) is 0 Å². The number of aromatic nitrogens is 3. The molecule has 0 aliphatic rings. The van der Waals surface area contributed by atoms with Crippen molar-refractivity contribution in [3.63, 3.8) is 0 Å². The second-order valence-electron chi connectivity index (χ2n) is 10.5. The summed E-state index contributed by atoms with van der Waals surface area (Å²) in [5.74, 6) is 0.615. The molecule has 3 heterocycles. The minimum Gasteiger partial charge on any atom is -0.437 e. The molecule has 0 spiro atoms. The molecule has 0 saturated heterocycles. The maximum Gasteiger partial charge on any atom is 0.227 e. The predicted molar refractivity (Wildman–Crippen MR) is 156 cm³/mol. The van der Waals surface area contributed by atoms with Gasteiger partial charge in [-0.3, -0.25) is 0 Å². The molecule has 0 aliphatic heterocycles. The molecule has 0 aliphatic carbocycles. The third kappa shape index (κ3) is 3.64. The normalized spacial score (nSPS) is 11.9. The molecule has 4 nitrogen and oxygen atoms in total. The van der Waals surface area contributed by atoms with Gasteiger partial charge >= 0.3 is 0 Å². The summed E-state index contributed by atoms with van der Waals surface area (Å²) in [6.07, 6.45) is 2.74. The molecule has 0 amide bonds. The van der Waals surface area contributed by atoms with Gasteiger partial charge in [0, 0.05) is 32.7 Å². The average molecular weight is 494 g/mol. The highest BCUT2D eigenvalue weighted by molar-refractivity contribution is 6.14. The summed E-state index contributed by atoms with van der Waals surface area (Å²) >= 11 is 0. The molecule has 0 N–H and O–H groups in total. The van der Waals surface area contributed by atoms with Crippen molar-refractivity contribution in [2.45, 2.75) is 27.2 Å². The molecule has 3 aromatic heterocycles. The topological polar surface area (TPSA) is 51.8 Å². The van der Waals surface area contributed by atoms with E-state index in [0.29, 0.717) is 11.6 Å². The number of hydrogen-bond acceptors (Lipinski definition) is 4. The zero-order valence-corrected chi connectivity index (χ0v) is 21.7. The number of aryl methyl sites for hydroxylation is 1.